The Morgan fingerprint density at radius 2 is 1.77 bits per heavy atom. The lowest BCUT2D eigenvalue weighted by Gasteiger charge is -2.15. The fourth-order valence-corrected chi connectivity index (χ4v) is 3.20. The number of aromatic nitrogens is 4. The second kappa shape index (κ2) is 6.74. The van der Waals surface area contributed by atoms with Crippen LogP contribution in [-0.4, -0.2) is 25.5 Å². The molecule has 3 aromatic rings. The van der Waals surface area contributed by atoms with Crippen molar-refractivity contribution in [3.63, 3.8) is 0 Å². The van der Waals surface area contributed by atoms with E-state index in [0.29, 0.717) is 22.3 Å². The molecule has 1 aromatic carbocycles. The predicted molar refractivity (Wildman–Crippen MR) is 100.0 cm³/mol. The van der Waals surface area contributed by atoms with Gasteiger partial charge in [-0.05, 0) is 33.3 Å². The predicted octanol–water partition coefficient (Wildman–Crippen LogP) is 1.93. The lowest BCUT2D eigenvalue weighted by molar-refractivity contribution is -0.122. The Balaban J connectivity index is 1.83. The van der Waals surface area contributed by atoms with Crippen LogP contribution >= 0.6 is 0 Å². The van der Waals surface area contributed by atoms with Crippen LogP contribution in [0.3, 0.4) is 0 Å². The summed E-state index contributed by atoms with van der Waals surface area (Å²) < 4.78 is 2.86. The van der Waals surface area contributed by atoms with E-state index in [1.54, 1.807) is 18.7 Å². The van der Waals surface area contributed by atoms with Crippen molar-refractivity contribution in [1.82, 2.24) is 24.9 Å². The summed E-state index contributed by atoms with van der Waals surface area (Å²) in [5.41, 5.74) is 3.89. The van der Waals surface area contributed by atoms with E-state index in [0.717, 1.165) is 5.56 Å². The molecule has 0 bridgehead atoms. The van der Waals surface area contributed by atoms with Gasteiger partial charge in [-0.2, -0.15) is 10.2 Å². The number of hydrogen-bond acceptors (Lipinski definition) is 4. The Hall–Kier alpha value is -2.96. The summed E-state index contributed by atoms with van der Waals surface area (Å²) >= 11 is 0. The van der Waals surface area contributed by atoms with Gasteiger partial charge in [-0.3, -0.25) is 14.3 Å². The van der Waals surface area contributed by atoms with Gasteiger partial charge in [0.05, 0.1) is 28.3 Å². The maximum absolute atomic E-state index is 12.7. The van der Waals surface area contributed by atoms with Crippen molar-refractivity contribution in [3.8, 4) is 0 Å². The van der Waals surface area contributed by atoms with Crippen molar-refractivity contribution >= 4 is 16.8 Å². The van der Waals surface area contributed by atoms with Crippen LogP contribution in [0.1, 0.15) is 35.5 Å². The first kappa shape index (κ1) is 17.8. The second-order valence-electron chi connectivity index (χ2n) is 6.68. The van der Waals surface area contributed by atoms with Gasteiger partial charge in [0.25, 0.3) is 5.56 Å². The normalized spacial score (nSPS) is 12.3. The zero-order valence-electron chi connectivity index (χ0n) is 15.7. The van der Waals surface area contributed by atoms with Crippen LogP contribution in [0.4, 0.5) is 0 Å². The molecule has 7 heteroatoms. The second-order valence-corrected chi connectivity index (χ2v) is 6.68. The quantitative estimate of drug-likeness (QED) is 0.777. The Labute approximate surface area is 151 Å². The van der Waals surface area contributed by atoms with Gasteiger partial charge in [-0.1, -0.05) is 29.8 Å². The Kier molecular flexibility index (Phi) is 4.63. The molecule has 0 radical (unpaired) electrons. The molecule has 0 saturated heterocycles. The third-order valence-electron chi connectivity index (χ3n) is 4.53. The van der Waals surface area contributed by atoms with Gasteiger partial charge in [0.15, 0.2) is 0 Å². The summed E-state index contributed by atoms with van der Waals surface area (Å²) in [6.45, 7) is 7.40. The smallest absolute Gasteiger partial charge is 0.278 e. The molecule has 0 unspecified atom stereocenters. The molecular weight excluding hydrogens is 330 g/mol. The average molecular weight is 353 g/mol. The molecule has 0 aliphatic rings. The summed E-state index contributed by atoms with van der Waals surface area (Å²) in [4.78, 5) is 25.1. The van der Waals surface area contributed by atoms with Crippen molar-refractivity contribution < 1.29 is 4.79 Å². The van der Waals surface area contributed by atoms with Crippen molar-refractivity contribution in [1.29, 1.82) is 0 Å². The van der Waals surface area contributed by atoms with Crippen LogP contribution in [-0.2, 0) is 18.4 Å². The summed E-state index contributed by atoms with van der Waals surface area (Å²) in [6, 6.07) is 7.84. The third kappa shape index (κ3) is 3.24. The van der Waals surface area contributed by atoms with E-state index >= 15 is 0 Å². The Bertz CT molecular complexity index is 1030. The minimum Gasteiger partial charge on any atom is -0.348 e. The summed E-state index contributed by atoms with van der Waals surface area (Å²) in [5, 5.41) is 12.0. The van der Waals surface area contributed by atoms with Crippen molar-refractivity contribution in [2.75, 3.05) is 0 Å². The topological polar surface area (TPSA) is 81.8 Å². The lowest BCUT2D eigenvalue weighted by atomic mass is 10.1. The molecule has 2 aromatic heterocycles. The molecule has 1 atom stereocenters. The van der Waals surface area contributed by atoms with Crippen LogP contribution in [0, 0.1) is 20.8 Å². The number of nitrogens with one attached hydrogen (secondary N) is 1. The van der Waals surface area contributed by atoms with Crippen molar-refractivity contribution in [2.24, 2.45) is 7.05 Å². The summed E-state index contributed by atoms with van der Waals surface area (Å²) in [6.07, 6.45) is 0. The standard InChI is InChI=1S/C19H23N5O2/c1-11-6-8-15(9-7-11)12(2)20-16(25)10-24-19(26)17-13(3)21-23(5)18(17)14(4)22-24/h6-9,12H,10H2,1-5H3,(H,20,25)/t12-/m0/s1. The van der Waals surface area contributed by atoms with Gasteiger partial charge in [0.1, 0.15) is 6.54 Å². The molecule has 0 saturated carbocycles. The van der Waals surface area contributed by atoms with Crippen LogP contribution in [0.5, 0.6) is 0 Å². The monoisotopic (exact) mass is 353 g/mol. The minimum absolute atomic E-state index is 0.125. The fourth-order valence-electron chi connectivity index (χ4n) is 3.20. The van der Waals surface area contributed by atoms with E-state index in [4.69, 9.17) is 0 Å². The first-order chi connectivity index (χ1) is 12.3. The fraction of sp³-hybridized carbons (Fsp3) is 0.368. The number of hydrogen-bond donors (Lipinski definition) is 1. The SMILES string of the molecule is Cc1ccc([C@H](C)NC(=O)Cn2nc(C)c3c(c(C)nn3C)c2=O)cc1. The van der Waals surface area contributed by atoms with Crippen LogP contribution < -0.4 is 10.9 Å². The largest absolute Gasteiger partial charge is 0.348 e. The first-order valence-corrected chi connectivity index (χ1v) is 8.55. The van der Waals surface area contributed by atoms with E-state index in [2.05, 4.69) is 15.5 Å². The molecule has 7 nitrogen and oxygen atoms in total. The highest BCUT2D eigenvalue weighted by Gasteiger charge is 2.17. The first-order valence-electron chi connectivity index (χ1n) is 8.55. The molecule has 2 heterocycles. The van der Waals surface area contributed by atoms with E-state index in [1.165, 1.54) is 10.2 Å². The highest BCUT2D eigenvalue weighted by atomic mass is 16.2. The molecule has 0 aliphatic heterocycles. The molecule has 3 rings (SSSR count). The molecular formula is C19H23N5O2. The van der Waals surface area contributed by atoms with Gasteiger partial charge >= 0.3 is 0 Å². The zero-order chi connectivity index (χ0) is 19.0. The number of benzene rings is 1. The van der Waals surface area contributed by atoms with Crippen LogP contribution in [0.2, 0.25) is 0 Å². The van der Waals surface area contributed by atoms with Crippen LogP contribution in [0.25, 0.3) is 10.9 Å². The lowest BCUT2D eigenvalue weighted by Crippen LogP contribution is -2.35. The molecule has 0 spiro atoms. The van der Waals surface area contributed by atoms with Gasteiger partial charge in [0, 0.05) is 7.05 Å². The molecule has 26 heavy (non-hydrogen) atoms. The van der Waals surface area contributed by atoms with Gasteiger partial charge in [-0.25, -0.2) is 4.68 Å². The zero-order valence-corrected chi connectivity index (χ0v) is 15.7. The number of carbonyl (C=O) groups excluding carboxylic acids is 1. The van der Waals surface area contributed by atoms with Crippen molar-refractivity contribution in [2.45, 2.75) is 40.3 Å². The molecule has 1 N–H and O–H groups in total. The minimum atomic E-state index is -0.297. The van der Waals surface area contributed by atoms with Crippen molar-refractivity contribution in [3.05, 3.63) is 57.1 Å². The maximum Gasteiger partial charge on any atom is 0.278 e. The van der Waals surface area contributed by atoms with E-state index in [1.807, 2.05) is 45.0 Å². The molecule has 0 aliphatic carbocycles. The molecule has 0 fully saturated rings. The Morgan fingerprint density at radius 3 is 2.42 bits per heavy atom. The highest BCUT2D eigenvalue weighted by Crippen LogP contribution is 2.16. The average Bonchev–Trinajstić information content (AvgIpc) is 2.87. The molecule has 1 amide bonds. The van der Waals surface area contributed by atoms with E-state index < -0.39 is 0 Å². The number of amides is 1. The van der Waals surface area contributed by atoms with Gasteiger partial charge < -0.3 is 5.32 Å². The number of fused-ring (bicyclic) bond motifs is 1. The number of carbonyl (C=O) groups is 1. The van der Waals surface area contributed by atoms with Gasteiger partial charge in [0.2, 0.25) is 5.91 Å². The third-order valence-corrected chi connectivity index (χ3v) is 4.53. The summed E-state index contributed by atoms with van der Waals surface area (Å²) in [5.74, 6) is -0.257. The number of nitrogens with zero attached hydrogens (tertiary/aromatic N) is 4. The van der Waals surface area contributed by atoms with E-state index in [-0.39, 0.29) is 24.1 Å². The summed E-state index contributed by atoms with van der Waals surface area (Å²) in [7, 11) is 1.78. The highest BCUT2D eigenvalue weighted by molar-refractivity contribution is 5.83. The maximum atomic E-state index is 12.7. The molecule has 136 valence electrons. The number of rotatable bonds is 4. The number of aryl methyl sites for hydroxylation is 4. The van der Waals surface area contributed by atoms with E-state index in [9.17, 15) is 9.59 Å². The van der Waals surface area contributed by atoms with Gasteiger partial charge in [-0.15, -0.1) is 0 Å². The van der Waals surface area contributed by atoms with Crippen LogP contribution in [0.15, 0.2) is 29.1 Å². The Morgan fingerprint density at radius 1 is 1.12 bits per heavy atom.